The summed E-state index contributed by atoms with van der Waals surface area (Å²) in [4.78, 5) is 55.1. The van der Waals surface area contributed by atoms with Crippen LogP contribution in [-0.4, -0.2) is 90.6 Å². The van der Waals surface area contributed by atoms with Gasteiger partial charge in [-0.2, -0.15) is 0 Å². The lowest BCUT2D eigenvalue weighted by Gasteiger charge is -2.27. The highest BCUT2D eigenvalue weighted by Crippen LogP contribution is 2.45. The first-order valence-corrected chi connectivity index (χ1v) is 33.8. The molecular formula is C83H96N20. The zero-order valence-electron chi connectivity index (χ0n) is 65.4. The van der Waals surface area contributed by atoms with Crippen molar-refractivity contribution in [3.63, 3.8) is 0 Å². The van der Waals surface area contributed by atoms with E-state index >= 15 is 0 Å². The van der Waals surface area contributed by atoms with Gasteiger partial charge in [-0.3, -0.25) is 24.5 Å². The van der Waals surface area contributed by atoms with Gasteiger partial charge in [0.1, 0.15) is 28.4 Å². The van der Waals surface area contributed by atoms with Crippen LogP contribution in [0.25, 0.3) is 48.5 Å². The second-order valence-corrected chi connectivity index (χ2v) is 27.1. The third-order valence-corrected chi connectivity index (χ3v) is 21.6. The van der Waals surface area contributed by atoms with Gasteiger partial charge in [-0.15, -0.1) is 0 Å². The molecule has 0 unspecified atom stereocenters. The fourth-order valence-electron chi connectivity index (χ4n) is 13.8. The van der Waals surface area contributed by atoms with Crippen molar-refractivity contribution in [2.45, 2.75) is 190 Å². The highest BCUT2D eigenvalue weighted by Gasteiger charge is 2.45. The zero-order valence-corrected chi connectivity index (χ0v) is 65.4. The van der Waals surface area contributed by atoms with E-state index in [0.717, 1.165) is 50.7 Å². The molecule has 103 heavy (non-hydrogen) atoms. The van der Waals surface area contributed by atoms with Gasteiger partial charge in [0.15, 0.2) is 0 Å². The number of hydrogen-bond acceptors (Lipinski definition) is 10. The number of benzene rings is 5. The van der Waals surface area contributed by atoms with Crippen LogP contribution in [-0.2, 0) is 0 Å². The fraction of sp³-hybridized carbons (Fsp3) is 0.398. The largest absolute Gasteiger partial charge is 0.374 e. The molecule has 0 aliphatic carbocycles. The molecule has 5 heterocycles. The van der Waals surface area contributed by atoms with Crippen molar-refractivity contribution < 1.29 is 0 Å². The van der Waals surface area contributed by atoms with Crippen molar-refractivity contribution in [1.29, 1.82) is 0 Å². The van der Waals surface area contributed by atoms with Crippen molar-refractivity contribution >= 4 is 28.4 Å². The first-order chi connectivity index (χ1) is 48.4. The summed E-state index contributed by atoms with van der Waals surface area (Å²) in [5.41, 5.74) is 26.7. The highest BCUT2D eigenvalue weighted by molar-refractivity contribution is 5.73. The SMILES string of the molecule is [C-]#[N+]C1=C([N+]#[C-])N(c2c(C)c(C)cc(C)c2C)[C@@H](C)N1C.[C-]#[N+]C1=C([N+]#[C-])N(c2c(C)cc(C)c(C)c2C)[C@@H](C)N1C.[C-]#[N+]C1=C([N+]#[C-])N(c2c(C)ccc(C)c2C)[C@@H](C)N1C.[C-]#[N+]C1=C([N+]#[C-])N(c2cc(C)c(C)c(C)c2C)[C@@H](C)N1C.[C-]#[N+]C1=C([N+]#[C-])N(c2cc(C)cc(C)c2C)[C@@H](C)N1C. The van der Waals surface area contributed by atoms with E-state index in [2.05, 4.69) is 209 Å². The lowest BCUT2D eigenvalue weighted by atomic mass is 9.97. The quantitative estimate of drug-likeness (QED) is 0.159. The molecule has 0 amide bonds. The van der Waals surface area contributed by atoms with Crippen LogP contribution in [0.5, 0.6) is 0 Å². The molecule has 20 heteroatoms. The van der Waals surface area contributed by atoms with Gasteiger partial charge >= 0.3 is 0 Å². The molecule has 5 aromatic carbocycles. The Hall–Kier alpha value is -12.3. The Labute approximate surface area is 614 Å². The average molecular weight is 1370 g/mol. The maximum atomic E-state index is 7.50. The van der Waals surface area contributed by atoms with Gasteiger partial charge in [-0.05, 0) is 237 Å². The molecule has 0 fully saturated rings. The summed E-state index contributed by atoms with van der Waals surface area (Å²) in [6.45, 7) is 122. The monoisotopic (exact) mass is 1370 g/mol. The molecule has 10 rings (SSSR count). The Kier molecular flexibility index (Phi) is 24.7. The van der Waals surface area contributed by atoms with Crippen LogP contribution in [0.2, 0.25) is 0 Å². The topological polar surface area (TPSA) is 76.0 Å². The van der Waals surface area contributed by atoms with E-state index in [1.165, 1.54) is 77.9 Å². The Bertz CT molecular complexity index is 4900. The predicted molar refractivity (Wildman–Crippen MR) is 417 cm³/mol. The number of aryl methyl sites for hydroxylation is 9. The van der Waals surface area contributed by atoms with Crippen molar-refractivity contribution in [3.05, 3.63) is 315 Å². The van der Waals surface area contributed by atoms with E-state index in [4.69, 9.17) is 65.7 Å². The molecule has 0 spiro atoms. The maximum absolute atomic E-state index is 7.50. The summed E-state index contributed by atoms with van der Waals surface area (Å²) >= 11 is 0. The molecule has 5 aliphatic rings. The first-order valence-electron chi connectivity index (χ1n) is 33.8. The van der Waals surface area contributed by atoms with Crippen molar-refractivity contribution in [1.82, 2.24) is 24.5 Å². The van der Waals surface area contributed by atoms with Crippen LogP contribution in [0.15, 0.2) is 101 Å². The molecule has 0 aromatic heterocycles. The highest BCUT2D eigenvalue weighted by atomic mass is 15.5. The molecule has 5 aromatic rings. The molecule has 5 aliphatic heterocycles. The standard InChI is InChI=1S/3C17H20N4.2C16H18N4/c1-10-9-15(13(4)12(3)11(10)2)21-14(5)20(8)16(18-6)17(21)19-7;1-10-9-11(2)15(13(4)12(10)3)21-14(5)20(8)16(18-6)17(21)19-7;1-10-9-11(2)13(4)15(12(10)3)21-14(5)20(8)16(18-6)17(21)19-7;1-10-8-11(2)12(3)14(9-10)20-13(4)19(7)15(17-5)16(20)18-6;1-10-8-9-11(2)14(12(10)3)20-13(4)19(7)15(17-5)16(20)18-6/h3*9,14H,1-5,8H3;2*8-9,13H,1-4,7H3/t3*14-;2*13-/m00000/s1. The van der Waals surface area contributed by atoms with Crippen LogP contribution in [0, 0.1) is 190 Å². The molecule has 20 nitrogen and oxygen atoms in total. The molecule has 0 bridgehead atoms. The van der Waals surface area contributed by atoms with Gasteiger partial charge in [0, 0.05) is 34.6 Å². The summed E-state index contributed by atoms with van der Waals surface area (Å²) in [5, 5.41) is 0. The molecule has 0 N–H and O–H groups in total. The molecule has 528 valence electrons. The molecular weight excluding hydrogens is 1280 g/mol. The summed E-state index contributed by atoms with van der Waals surface area (Å²) in [5.74, 6) is 4.24. The van der Waals surface area contributed by atoms with E-state index < -0.39 is 0 Å². The Morgan fingerprint density at radius 2 is 0.476 bits per heavy atom. The third kappa shape index (κ3) is 14.2. The molecule has 0 saturated carbocycles. The Morgan fingerprint density at radius 1 is 0.223 bits per heavy atom. The zero-order chi connectivity index (χ0) is 77.7. The minimum atomic E-state index is -0.0307. The van der Waals surface area contributed by atoms with E-state index in [1.807, 2.05) is 126 Å². The molecule has 0 saturated heterocycles. The summed E-state index contributed by atoms with van der Waals surface area (Å²) in [6.07, 6.45) is -0.140. The van der Waals surface area contributed by atoms with Gasteiger partial charge in [-0.25, -0.2) is 0 Å². The van der Waals surface area contributed by atoms with E-state index in [-0.39, 0.29) is 30.8 Å². The first kappa shape index (κ1) is 79.7. The fourth-order valence-corrected chi connectivity index (χ4v) is 13.8. The second kappa shape index (κ2) is 31.9. The van der Waals surface area contributed by atoms with E-state index in [9.17, 15) is 0 Å². The van der Waals surface area contributed by atoms with Crippen LogP contribution >= 0.6 is 0 Å². The van der Waals surface area contributed by atoms with Crippen LogP contribution in [0.4, 0.5) is 28.4 Å². The lowest BCUT2D eigenvalue weighted by molar-refractivity contribution is 0.364. The van der Waals surface area contributed by atoms with Crippen molar-refractivity contribution in [3.8, 4) is 0 Å². The van der Waals surface area contributed by atoms with Gasteiger partial charge in [0.25, 0.3) is 29.1 Å². The Morgan fingerprint density at radius 3 is 0.835 bits per heavy atom. The van der Waals surface area contributed by atoms with Crippen LogP contribution < -0.4 is 24.5 Å². The van der Waals surface area contributed by atoms with Crippen LogP contribution in [0.3, 0.4) is 0 Å². The van der Waals surface area contributed by atoms with Gasteiger partial charge in [0.05, 0.1) is 35.2 Å². The molecule has 5 atom stereocenters. The lowest BCUT2D eigenvalue weighted by Crippen LogP contribution is -2.36. The number of hydrogen-bond donors (Lipinski definition) is 0. The Balaban J connectivity index is 0.000000202. The predicted octanol–water partition coefficient (Wildman–Crippen LogP) is 19.3. The number of anilines is 5. The number of rotatable bonds is 5. The van der Waals surface area contributed by atoms with E-state index in [1.54, 1.807) is 0 Å². The van der Waals surface area contributed by atoms with E-state index in [0.29, 0.717) is 58.2 Å². The van der Waals surface area contributed by atoms with Gasteiger partial charge in [0.2, 0.25) is 59.9 Å². The smallest absolute Gasteiger partial charge is 0.253 e. The second-order valence-electron chi connectivity index (χ2n) is 27.1. The van der Waals surface area contributed by atoms with Crippen LogP contribution in [0.1, 0.15) is 135 Å². The average Bonchev–Trinajstić information content (AvgIpc) is 1.67. The van der Waals surface area contributed by atoms with Gasteiger partial charge < -0.3 is 72.9 Å². The molecule has 0 radical (unpaired) electrons. The minimum absolute atomic E-state index is 0.0249. The normalized spacial score (nSPS) is 18.1. The summed E-state index contributed by atoms with van der Waals surface area (Å²) in [6, 6.07) is 14.8. The summed E-state index contributed by atoms with van der Waals surface area (Å²) < 4.78 is 0. The third-order valence-electron chi connectivity index (χ3n) is 21.6. The summed E-state index contributed by atoms with van der Waals surface area (Å²) in [7, 11) is 9.34. The van der Waals surface area contributed by atoms with Crippen molar-refractivity contribution in [2.24, 2.45) is 0 Å². The number of nitrogens with zero attached hydrogens (tertiary/aromatic N) is 20. The van der Waals surface area contributed by atoms with Crippen molar-refractivity contribution in [2.75, 3.05) is 59.7 Å². The minimum Gasteiger partial charge on any atom is -0.374 e. The van der Waals surface area contributed by atoms with Gasteiger partial charge in [-0.1, -0.05) is 96.1 Å². The maximum Gasteiger partial charge on any atom is 0.253 e.